The van der Waals surface area contributed by atoms with E-state index in [1.165, 1.54) is 30.2 Å². The summed E-state index contributed by atoms with van der Waals surface area (Å²) in [5.41, 5.74) is 7.97. The zero-order valence-corrected chi connectivity index (χ0v) is 27.0. The number of anilines is 2. The van der Waals surface area contributed by atoms with E-state index in [2.05, 4.69) is 17.3 Å². The molecule has 1 fully saturated rings. The van der Waals surface area contributed by atoms with Crippen LogP contribution in [0.4, 0.5) is 11.4 Å². The number of nitrogens with two attached hydrogens (primary N) is 1. The number of carbonyl (C=O) groups excluding carboxylic acids is 4. The molecule has 1 aliphatic heterocycles. The fourth-order valence-corrected chi connectivity index (χ4v) is 5.28. The molecule has 3 N–H and O–H groups in total. The van der Waals surface area contributed by atoms with Crippen LogP contribution in [0.5, 0.6) is 11.5 Å². The molecule has 3 aromatic carbocycles. The average molecular weight is 630 g/mol. The molecule has 1 saturated heterocycles. The number of hydrogen-bond donors (Lipinski definition) is 2. The number of ether oxygens (including phenoxy) is 2. The maximum Gasteiger partial charge on any atom is 0.259 e. The van der Waals surface area contributed by atoms with E-state index < -0.39 is 11.8 Å². The van der Waals surface area contributed by atoms with Crippen LogP contribution in [0.15, 0.2) is 60.7 Å². The monoisotopic (exact) mass is 629 g/mol. The molecule has 3 aromatic rings. The van der Waals surface area contributed by atoms with Gasteiger partial charge in [-0.25, -0.2) is 0 Å². The Morgan fingerprint density at radius 3 is 2.35 bits per heavy atom. The smallest absolute Gasteiger partial charge is 0.259 e. The fraction of sp³-hybridized carbons (Fsp3) is 0.371. The summed E-state index contributed by atoms with van der Waals surface area (Å²) < 4.78 is 11.6. The van der Waals surface area contributed by atoms with Gasteiger partial charge in [0.05, 0.1) is 36.2 Å². The number of rotatable bonds is 13. The zero-order valence-electron chi connectivity index (χ0n) is 27.0. The van der Waals surface area contributed by atoms with E-state index in [0.29, 0.717) is 30.0 Å². The molecule has 0 radical (unpaired) electrons. The lowest BCUT2D eigenvalue weighted by Crippen LogP contribution is -2.47. The molecular weight excluding hydrogens is 586 g/mol. The molecule has 0 spiro atoms. The number of para-hydroxylation sites is 1. The molecule has 0 aromatic heterocycles. The van der Waals surface area contributed by atoms with E-state index in [1.807, 2.05) is 30.0 Å². The van der Waals surface area contributed by atoms with Gasteiger partial charge in [0.2, 0.25) is 5.91 Å². The summed E-state index contributed by atoms with van der Waals surface area (Å²) in [4.78, 5) is 56.6. The Labute approximate surface area is 270 Å². The van der Waals surface area contributed by atoms with Gasteiger partial charge in [-0.2, -0.15) is 0 Å². The average Bonchev–Trinajstić information content (AvgIpc) is 3.05. The third-order valence-electron chi connectivity index (χ3n) is 8.06. The van der Waals surface area contributed by atoms with Crippen molar-refractivity contribution in [3.05, 3.63) is 82.9 Å². The van der Waals surface area contributed by atoms with Gasteiger partial charge in [0.15, 0.2) is 0 Å². The molecule has 46 heavy (non-hydrogen) atoms. The van der Waals surface area contributed by atoms with Gasteiger partial charge in [-0.05, 0) is 81.3 Å². The third-order valence-corrected chi connectivity index (χ3v) is 8.06. The maximum atomic E-state index is 13.6. The molecule has 0 saturated carbocycles. The molecular formula is C35H43N5O6. The molecule has 4 amide bonds. The van der Waals surface area contributed by atoms with Crippen molar-refractivity contribution < 1.29 is 28.7 Å². The molecule has 11 nitrogen and oxygen atoms in total. The van der Waals surface area contributed by atoms with E-state index in [-0.39, 0.29) is 34.4 Å². The molecule has 0 aliphatic carbocycles. The predicted molar refractivity (Wildman–Crippen MR) is 178 cm³/mol. The number of primary amides is 1. The predicted octanol–water partition coefficient (Wildman–Crippen LogP) is 4.34. The number of methoxy groups -OCH3 is 1. The number of nitrogens with one attached hydrogen (secondary N) is 1. The SMILES string of the molecule is COc1cc(C(=O)N(C)c2ccc(C)cc2OCCCCCC(=O)N2CCN(C)CC2)ccc1C(=O)Nc1ccccc1C(N)=O. The van der Waals surface area contributed by atoms with Crippen molar-refractivity contribution in [2.45, 2.75) is 32.6 Å². The Hall–Kier alpha value is -4.90. The lowest BCUT2D eigenvalue weighted by molar-refractivity contribution is -0.132. The Morgan fingerprint density at radius 1 is 0.891 bits per heavy atom. The minimum absolute atomic E-state index is 0.177. The quantitative estimate of drug-likeness (QED) is 0.269. The van der Waals surface area contributed by atoms with Gasteiger partial charge in [-0.1, -0.05) is 18.2 Å². The highest BCUT2D eigenvalue weighted by molar-refractivity contribution is 6.11. The van der Waals surface area contributed by atoms with E-state index in [9.17, 15) is 19.2 Å². The van der Waals surface area contributed by atoms with Crippen molar-refractivity contribution in [2.75, 3.05) is 64.2 Å². The van der Waals surface area contributed by atoms with Gasteiger partial charge in [0.1, 0.15) is 11.5 Å². The lowest BCUT2D eigenvalue weighted by atomic mass is 10.1. The van der Waals surface area contributed by atoms with Crippen molar-refractivity contribution in [2.24, 2.45) is 5.73 Å². The molecule has 0 bridgehead atoms. The number of unbranched alkanes of at least 4 members (excludes halogenated alkanes) is 2. The van der Waals surface area contributed by atoms with Gasteiger partial charge < -0.3 is 35.2 Å². The number of amides is 4. The second kappa shape index (κ2) is 15.9. The Bertz CT molecular complexity index is 1570. The molecule has 244 valence electrons. The van der Waals surface area contributed by atoms with Crippen LogP contribution in [0.2, 0.25) is 0 Å². The number of hydrogen-bond acceptors (Lipinski definition) is 7. The van der Waals surface area contributed by atoms with E-state index >= 15 is 0 Å². The molecule has 1 aliphatic rings. The number of benzene rings is 3. The van der Waals surface area contributed by atoms with Crippen molar-refractivity contribution >= 4 is 35.0 Å². The molecule has 0 atom stereocenters. The van der Waals surface area contributed by atoms with Gasteiger partial charge in [-0.3, -0.25) is 19.2 Å². The molecule has 0 unspecified atom stereocenters. The molecule has 4 rings (SSSR count). The highest BCUT2D eigenvalue weighted by atomic mass is 16.5. The van der Waals surface area contributed by atoms with E-state index in [0.717, 1.165) is 51.0 Å². The van der Waals surface area contributed by atoms with Crippen molar-refractivity contribution in [1.29, 1.82) is 0 Å². The standard InChI is InChI=1S/C35H43N5O6/c1-24-13-16-29(31(22-24)46-21-9-5-6-12-32(41)40-19-17-38(2)18-20-40)39(3)35(44)25-14-15-27(30(23-25)45-4)34(43)37-28-11-8-7-10-26(28)33(36)42/h7-8,10-11,13-16,22-23H,5-6,9,12,17-21H2,1-4H3,(H2,36,42)(H,37,43). The van der Waals surface area contributed by atoms with Gasteiger partial charge in [0.25, 0.3) is 17.7 Å². The summed E-state index contributed by atoms with van der Waals surface area (Å²) >= 11 is 0. The highest BCUT2D eigenvalue weighted by Crippen LogP contribution is 2.31. The topological polar surface area (TPSA) is 135 Å². The summed E-state index contributed by atoms with van der Waals surface area (Å²) in [6.45, 7) is 5.83. The van der Waals surface area contributed by atoms with E-state index in [4.69, 9.17) is 15.2 Å². The van der Waals surface area contributed by atoms with Crippen LogP contribution < -0.4 is 25.4 Å². The fourth-order valence-electron chi connectivity index (χ4n) is 5.28. The number of aryl methyl sites for hydroxylation is 1. The van der Waals surface area contributed by atoms with Crippen LogP contribution in [0.1, 0.15) is 62.3 Å². The Kier molecular flexibility index (Phi) is 11.7. The van der Waals surface area contributed by atoms with Crippen molar-refractivity contribution in [3.8, 4) is 11.5 Å². The normalized spacial score (nSPS) is 13.2. The first-order chi connectivity index (χ1) is 22.1. The van der Waals surface area contributed by atoms with Crippen LogP contribution in [0.3, 0.4) is 0 Å². The minimum Gasteiger partial charge on any atom is -0.496 e. The largest absolute Gasteiger partial charge is 0.496 e. The minimum atomic E-state index is -0.667. The van der Waals surface area contributed by atoms with E-state index in [1.54, 1.807) is 31.3 Å². The van der Waals surface area contributed by atoms with Crippen LogP contribution >= 0.6 is 0 Å². The molecule has 1 heterocycles. The number of nitrogens with zero attached hydrogens (tertiary/aromatic N) is 3. The second-order valence-corrected chi connectivity index (χ2v) is 11.5. The number of carbonyl (C=O) groups is 4. The summed E-state index contributed by atoms with van der Waals surface area (Å²) in [6, 6.07) is 16.6. The zero-order chi connectivity index (χ0) is 33.2. The van der Waals surface area contributed by atoms with Crippen molar-refractivity contribution in [1.82, 2.24) is 9.80 Å². The number of piperazine rings is 1. The third kappa shape index (κ3) is 8.63. The van der Waals surface area contributed by atoms with Gasteiger partial charge >= 0.3 is 0 Å². The van der Waals surface area contributed by atoms with Crippen LogP contribution in [-0.4, -0.2) is 87.4 Å². The van der Waals surface area contributed by atoms with Gasteiger partial charge in [-0.15, -0.1) is 0 Å². The first-order valence-electron chi connectivity index (χ1n) is 15.4. The number of likely N-dealkylation sites (N-methyl/N-ethyl adjacent to an activating group) is 1. The van der Waals surface area contributed by atoms with Crippen LogP contribution in [0, 0.1) is 6.92 Å². The summed E-state index contributed by atoms with van der Waals surface area (Å²) in [5.74, 6) is -0.509. The van der Waals surface area contributed by atoms with Crippen LogP contribution in [-0.2, 0) is 4.79 Å². The Balaban J connectivity index is 1.36. The Morgan fingerprint density at radius 2 is 1.63 bits per heavy atom. The summed E-state index contributed by atoms with van der Waals surface area (Å²) in [5, 5.41) is 2.69. The van der Waals surface area contributed by atoms with Crippen LogP contribution in [0.25, 0.3) is 0 Å². The first kappa shape index (κ1) is 34.0. The summed E-state index contributed by atoms with van der Waals surface area (Å²) in [7, 11) is 5.15. The molecule has 11 heteroatoms. The highest BCUT2D eigenvalue weighted by Gasteiger charge is 2.22. The lowest BCUT2D eigenvalue weighted by Gasteiger charge is -2.32. The second-order valence-electron chi connectivity index (χ2n) is 11.5. The summed E-state index contributed by atoms with van der Waals surface area (Å²) in [6.07, 6.45) is 3.00. The van der Waals surface area contributed by atoms with Gasteiger partial charge in [0, 0.05) is 45.2 Å². The first-order valence-corrected chi connectivity index (χ1v) is 15.4. The van der Waals surface area contributed by atoms with Crippen molar-refractivity contribution in [3.63, 3.8) is 0 Å². The maximum absolute atomic E-state index is 13.6.